The molecule has 0 spiro atoms. The first kappa shape index (κ1) is 14.8. The van der Waals surface area contributed by atoms with E-state index in [0.717, 1.165) is 17.4 Å². The third kappa shape index (κ3) is 4.67. The van der Waals surface area contributed by atoms with E-state index < -0.39 is 0 Å². The molecule has 3 rings (SSSR count). The van der Waals surface area contributed by atoms with E-state index in [1.54, 1.807) is 6.20 Å². The van der Waals surface area contributed by atoms with Crippen molar-refractivity contribution in [3.63, 3.8) is 0 Å². The van der Waals surface area contributed by atoms with Gasteiger partial charge in [-0.15, -0.1) is 0 Å². The number of benzene rings is 1. The van der Waals surface area contributed by atoms with E-state index >= 15 is 0 Å². The van der Waals surface area contributed by atoms with Crippen LogP contribution in [0.15, 0.2) is 67.1 Å². The number of anilines is 3. The molecule has 1 aromatic carbocycles. The Labute approximate surface area is 134 Å². The lowest BCUT2D eigenvalue weighted by molar-refractivity contribution is 0.333. The molecule has 0 unspecified atom stereocenters. The Morgan fingerprint density at radius 2 is 1.65 bits per heavy atom. The van der Waals surface area contributed by atoms with Crippen molar-refractivity contribution in [3.05, 3.63) is 67.1 Å². The zero-order chi connectivity index (χ0) is 15.7. The molecular weight excluding hydrogens is 290 g/mol. The smallest absolute Gasteiger partial charge is 0.137 e. The molecule has 2 aromatic heterocycles. The largest absolute Gasteiger partial charge is 0.492 e. The molecule has 0 saturated carbocycles. The van der Waals surface area contributed by atoms with E-state index in [9.17, 15) is 0 Å². The standard InChI is InChI=1S/C17H17N5O/c1-2-6-14(7-3-1)23-11-10-19-16-12-17(21-13-20-16)22-15-8-4-5-9-18-15/h1-9,12-13H,10-11H2,(H2,18,19,20,21,22). The summed E-state index contributed by atoms with van der Waals surface area (Å²) in [6.45, 7) is 1.20. The van der Waals surface area contributed by atoms with Crippen LogP contribution < -0.4 is 15.4 Å². The maximum Gasteiger partial charge on any atom is 0.137 e. The second-order valence-corrected chi connectivity index (χ2v) is 4.72. The first-order valence-corrected chi connectivity index (χ1v) is 7.32. The molecule has 0 saturated heterocycles. The van der Waals surface area contributed by atoms with Gasteiger partial charge in [0, 0.05) is 12.3 Å². The summed E-state index contributed by atoms with van der Waals surface area (Å²) < 4.78 is 5.62. The van der Waals surface area contributed by atoms with E-state index in [1.807, 2.05) is 54.6 Å². The number of hydrogen-bond donors (Lipinski definition) is 2. The molecule has 0 atom stereocenters. The van der Waals surface area contributed by atoms with E-state index in [-0.39, 0.29) is 0 Å². The van der Waals surface area contributed by atoms with Crippen LogP contribution in [0.3, 0.4) is 0 Å². The number of hydrogen-bond acceptors (Lipinski definition) is 6. The average Bonchev–Trinajstić information content (AvgIpc) is 2.61. The zero-order valence-electron chi connectivity index (χ0n) is 12.5. The topological polar surface area (TPSA) is 72.0 Å². The van der Waals surface area contributed by atoms with Gasteiger partial charge in [0.15, 0.2) is 0 Å². The quantitative estimate of drug-likeness (QED) is 0.654. The molecule has 2 N–H and O–H groups in total. The third-order valence-corrected chi connectivity index (χ3v) is 3.01. The predicted molar refractivity (Wildman–Crippen MR) is 90.0 cm³/mol. The van der Waals surface area contributed by atoms with Crippen molar-refractivity contribution < 1.29 is 4.74 Å². The molecule has 0 radical (unpaired) electrons. The number of aromatic nitrogens is 3. The van der Waals surface area contributed by atoms with E-state index in [0.29, 0.717) is 19.0 Å². The highest BCUT2D eigenvalue weighted by Gasteiger charge is 2.00. The first-order chi connectivity index (χ1) is 11.4. The molecule has 3 aromatic rings. The fraction of sp³-hybridized carbons (Fsp3) is 0.118. The number of ether oxygens (including phenoxy) is 1. The summed E-state index contributed by atoms with van der Waals surface area (Å²) in [5.41, 5.74) is 0. The fourth-order valence-electron chi connectivity index (χ4n) is 1.95. The first-order valence-electron chi connectivity index (χ1n) is 7.32. The van der Waals surface area contributed by atoms with Crippen molar-refractivity contribution in [1.29, 1.82) is 0 Å². The monoisotopic (exact) mass is 307 g/mol. The van der Waals surface area contributed by atoms with Crippen LogP contribution in [0, 0.1) is 0 Å². The minimum atomic E-state index is 0.553. The maximum absolute atomic E-state index is 5.62. The Balaban J connectivity index is 1.49. The van der Waals surface area contributed by atoms with Crippen LogP contribution in [0.5, 0.6) is 5.75 Å². The van der Waals surface area contributed by atoms with E-state index in [4.69, 9.17) is 4.74 Å². The van der Waals surface area contributed by atoms with Crippen LogP contribution in [0.4, 0.5) is 17.5 Å². The Bertz CT molecular complexity index is 721. The Hall–Kier alpha value is -3.15. The van der Waals surface area contributed by atoms with Crippen LogP contribution in [0.2, 0.25) is 0 Å². The van der Waals surface area contributed by atoms with Gasteiger partial charge in [-0.1, -0.05) is 24.3 Å². The fourth-order valence-corrected chi connectivity index (χ4v) is 1.95. The summed E-state index contributed by atoms with van der Waals surface area (Å²) in [4.78, 5) is 12.6. The highest BCUT2D eigenvalue weighted by Crippen LogP contribution is 2.13. The summed E-state index contributed by atoms with van der Waals surface area (Å²) in [6.07, 6.45) is 3.23. The van der Waals surface area contributed by atoms with Gasteiger partial charge in [0.05, 0.1) is 6.54 Å². The summed E-state index contributed by atoms with van der Waals surface area (Å²) in [6, 6.07) is 17.2. The summed E-state index contributed by atoms with van der Waals surface area (Å²) in [7, 11) is 0. The molecule has 6 nitrogen and oxygen atoms in total. The van der Waals surface area contributed by atoms with Gasteiger partial charge in [-0.05, 0) is 24.3 Å². The molecule has 2 heterocycles. The van der Waals surface area contributed by atoms with E-state index in [2.05, 4.69) is 25.6 Å². The van der Waals surface area contributed by atoms with Crippen molar-refractivity contribution in [2.75, 3.05) is 23.8 Å². The minimum Gasteiger partial charge on any atom is -0.492 e. The van der Waals surface area contributed by atoms with E-state index in [1.165, 1.54) is 6.33 Å². The van der Waals surface area contributed by atoms with Gasteiger partial charge in [-0.25, -0.2) is 15.0 Å². The van der Waals surface area contributed by atoms with Crippen LogP contribution in [-0.4, -0.2) is 28.1 Å². The molecule has 0 bridgehead atoms. The lowest BCUT2D eigenvalue weighted by Gasteiger charge is -2.09. The molecular formula is C17H17N5O. The number of nitrogens with one attached hydrogen (secondary N) is 2. The Morgan fingerprint density at radius 3 is 2.48 bits per heavy atom. The molecule has 0 aliphatic heterocycles. The Morgan fingerprint density at radius 1 is 0.826 bits per heavy atom. The SMILES string of the molecule is c1ccc(OCCNc2cc(Nc3ccccn3)ncn2)cc1. The number of pyridine rings is 1. The van der Waals surface area contributed by atoms with Crippen LogP contribution >= 0.6 is 0 Å². The third-order valence-electron chi connectivity index (χ3n) is 3.01. The van der Waals surface area contributed by atoms with Crippen LogP contribution in [-0.2, 0) is 0 Å². The van der Waals surface area contributed by atoms with Gasteiger partial charge in [0.25, 0.3) is 0 Å². The van der Waals surface area contributed by atoms with Crippen LogP contribution in [0.25, 0.3) is 0 Å². The van der Waals surface area contributed by atoms with Crippen molar-refractivity contribution in [2.45, 2.75) is 0 Å². The van der Waals surface area contributed by atoms with Gasteiger partial charge in [-0.2, -0.15) is 0 Å². The lowest BCUT2D eigenvalue weighted by atomic mass is 10.3. The lowest BCUT2D eigenvalue weighted by Crippen LogP contribution is -2.12. The van der Waals surface area contributed by atoms with Crippen molar-refractivity contribution >= 4 is 17.5 Å². The number of rotatable bonds is 7. The van der Waals surface area contributed by atoms with Gasteiger partial charge in [0.2, 0.25) is 0 Å². The molecule has 0 amide bonds. The highest BCUT2D eigenvalue weighted by molar-refractivity contribution is 5.55. The van der Waals surface area contributed by atoms with Crippen molar-refractivity contribution in [1.82, 2.24) is 15.0 Å². The van der Waals surface area contributed by atoms with Gasteiger partial charge >= 0.3 is 0 Å². The molecule has 116 valence electrons. The Kier molecular flexibility index (Phi) is 4.97. The molecule has 0 fully saturated rings. The van der Waals surface area contributed by atoms with Gasteiger partial charge in [0.1, 0.15) is 36.1 Å². The second-order valence-electron chi connectivity index (χ2n) is 4.72. The molecule has 6 heteroatoms. The summed E-state index contributed by atoms with van der Waals surface area (Å²) in [5, 5.41) is 6.33. The second kappa shape index (κ2) is 7.74. The number of nitrogens with zero attached hydrogens (tertiary/aromatic N) is 3. The molecule has 23 heavy (non-hydrogen) atoms. The highest BCUT2D eigenvalue weighted by atomic mass is 16.5. The molecule has 0 aliphatic rings. The van der Waals surface area contributed by atoms with Crippen molar-refractivity contribution in [3.8, 4) is 5.75 Å². The van der Waals surface area contributed by atoms with Crippen molar-refractivity contribution in [2.24, 2.45) is 0 Å². The summed E-state index contributed by atoms with van der Waals surface area (Å²) in [5.74, 6) is 3.01. The number of para-hydroxylation sites is 1. The van der Waals surface area contributed by atoms with Crippen LogP contribution in [0.1, 0.15) is 0 Å². The normalized spacial score (nSPS) is 10.1. The predicted octanol–water partition coefficient (Wildman–Crippen LogP) is 3.11. The van der Waals surface area contributed by atoms with Gasteiger partial charge in [-0.3, -0.25) is 0 Å². The maximum atomic E-state index is 5.62. The van der Waals surface area contributed by atoms with Gasteiger partial charge < -0.3 is 15.4 Å². The summed E-state index contributed by atoms with van der Waals surface area (Å²) >= 11 is 0. The molecule has 0 aliphatic carbocycles. The zero-order valence-corrected chi connectivity index (χ0v) is 12.5. The minimum absolute atomic E-state index is 0.553. The average molecular weight is 307 g/mol.